The van der Waals surface area contributed by atoms with Crippen LogP contribution in [-0.2, 0) is 19.2 Å². The normalized spacial score (nSPS) is 31.4. The molecule has 0 aromatic rings. The number of rotatable bonds is 2. The fourth-order valence-electron chi connectivity index (χ4n) is 3.27. The van der Waals surface area contributed by atoms with E-state index in [4.69, 9.17) is 0 Å². The van der Waals surface area contributed by atoms with Crippen LogP contribution in [0.3, 0.4) is 0 Å². The highest BCUT2D eigenvalue weighted by Crippen LogP contribution is 2.42. The van der Waals surface area contributed by atoms with Gasteiger partial charge >= 0.3 is 0 Å². The molecule has 2 aliphatic rings. The molecule has 0 aromatic heterocycles. The smallest absolute Gasteiger partial charge is 0.241 e. The largest absolute Gasteiger partial charge is 0.298 e. The Balaban J connectivity index is 2.45. The van der Waals surface area contributed by atoms with E-state index in [1.54, 1.807) is 0 Å². The molecular formula is C15H19NO4. The number of allylic oxidation sites excluding steroid dienone is 1. The van der Waals surface area contributed by atoms with E-state index in [-0.39, 0.29) is 18.6 Å². The summed E-state index contributed by atoms with van der Waals surface area (Å²) < 4.78 is 0. The number of nitrogens with one attached hydrogen (secondary N) is 1. The molecule has 1 aliphatic heterocycles. The molecule has 2 unspecified atom stereocenters. The molecule has 1 heterocycles. The van der Waals surface area contributed by atoms with Crippen molar-refractivity contribution in [1.29, 1.82) is 0 Å². The summed E-state index contributed by atoms with van der Waals surface area (Å²) >= 11 is 0. The molecule has 5 heteroatoms. The van der Waals surface area contributed by atoms with Crippen LogP contribution in [0.25, 0.3) is 0 Å². The Bertz CT molecular complexity index is 482. The molecule has 1 aliphatic carbocycles. The molecule has 1 N–H and O–H groups in total. The van der Waals surface area contributed by atoms with E-state index in [9.17, 15) is 19.2 Å². The number of carbonyl (C=O) groups excluding carboxylic acids is 4. The third-order valence-electron chi connectivity index (χ3n) is 4.36. The summed E-state index contributed by atoms with van der Waals surface area (Å²) in [5.74, 6) is -3.30. The average molecular weight is 277 g/mol. The first kappa shape index (κ1) is 14.6. The van der Waals surface area contributed by atoms with Crippen molar-refractivity contribution >= 4 is 23.4 Å². The molecule has 5 nitrogen and oxygen atoms in total. The van der Waals surface area contributed by atoms with E-state index in [1.165, 1.54) is 0 Å². The van der Waals surface area contributed by atoms with Crippen LogP contribution in [0.2, 0.25) is 0 Å². The molecule has 2 fully saturated rings. The fourth-order valence-corrected chi connectivity index (χ4v) is 3.27. The molecule has 2 amide bonds. The van der Waals surface area contributed by atoms with Gasteiger partial charge in [0.2, 0.25) is 11.8 Å². The fraction of sp³-hybridized carbons (Fsp3) is 0.600. The van der Waals surface area contributed by atoms with E-state index in [2.05, 4.69) is 11.9 Å². The highest BCUT2D eigenvalue weighted by molar-refractivity contribution is 6.26. The van der Waals surface area contributed by atoms with Crippen LogP contribution in [0, 0.1) is 11.3 Å². The highest BCUT2D eigenvalue weighted by atomic mass is 16.2. The lowest BCUT2D eigenvalue weighted by Gasteiger charge is -2.28. The van der Waals surface area contributed by atoms with Crippen LogP contribution >= 0.6 is 0 Å². The van der Waals surface area contributed by atoms with Crippen LogP contribution in [0.1, 0.15) is 44.9 Å². The number of hydrogen-bond acceptors (Lipinski definition) is 4. The average Bonchev–Trinajstić information content (AvgIpc) is 2.72. The Labute approximate surface area is 117 Å². The van der Waals surface area contributed by atoms with Crippen molar-refractivity contribution in [3.63, 3.8) is 0 Å². The number of amides is 2. The third kappa shape index (κ3) is 2.21. The first-order chi connectivity index (χ1) is 9.54. The summed E-state index contributed by atoms with van der Waals surface area (Å²) in [5, 5.41) is 2.17. The molecule has 108 valence electrons. The SMILES string of the molecule is C=CC(=O)C1C(=O)NC(=O)C12CCCCCCCC2=O. The van der Waals surface area contributed by atoms with Crippen LogP contribution in [-0.4, -0.2) is 23.4 Å². The predicted molar refractivity (Wildman–Crippen MR) is 71.6 cm³/mol. The lowest BCUT2D eigenvalue weighted by molar-refractivity contribution is -0.147. The number of ketones is 2. The van der Waals surface area contributed by atoms with Crippen LogP contribution in [0.5, 0.6) is 0 Å². The quantitative estimate of drug-likeness (QED) is 0.469. The van der Waals surface area contributed by atoms with E-state index in [0.717, 1.165) is 25.3 Å². The van der Waals surface area contributed by atoms with Gasteiger partial charge in [-0.3, -0.25) is 24.5 Å². The Hall–Kier alpha value is -1.78. The standard InChI is InChI=1S/C15H19NO4/c1-2-10(17)12-13(19)16-14(20)15(12)9-7-5-3-4-6-8-11(15)18/h2,12H,1,3-9H2,(H,16,19,20). The van der Waals surface area contributed by atoms with Gasteiger partial charge in [0.1, 0.15) is 17.1 Å². The van der Waals surface area contributed by atoms with Crippen molar-refractivity contribution in [2.75, 3.05) is 0 Å². The van der Waals surface area contributed by atoms with Crippen molar-refractivity contribution < 1.29 is 19.2 Å². The minimum Gasteiger partial charge on any atom is -0.298 e. The Kier molecular flexibility index (Phi) is 4.16. The zero-order valence-corrected chi connectivity index (χ0v) is 11.4. The molecule has 0 aromatic carbocycles. The summed E-state index contributed by atoms with van der Waals surface area (Å²) in [6.45, 7) is 3.38. The maximum Gasteiger partial charge on any atom is 0.241 e. The summed E-state index contributed by atoms with van der Waals surface area (Å²) in [5.41, 5.74) is -1.49. The lowest BCUT2D eigenvalue weighted by atomic mass is 9.68. The minimum absolute atomic E-state index is 0.252. The molecule has 2 atom stereocenters. The van der Waals surface area contributed by atoms with Gasteiger partial charge in [-0.05, 0) is 18.9 Å². The Morgan fingerprint density at radius 3 is 2.50 bits per heavy atom. The number of imide groups is 1. The molecule has 0 bridgehead atoms. The second-order valence-electron chi connectivity index (χ2n) is 5.52. The summed E-state index contributed by atoms with van der Waals surface area (Å²) in [6.07, 6.45) is 5.80. The monoisotopic (exact) mass is 277 g/mol. The van der Waals surface area contributed by atoms with Gasteiger partial charge in [-0.25, -0.2) is 0 Å². The van der Waals surface area contributed by atoms with Crippen molar-refractivity contribution in [2.45, 2.75) is 44.9 Å². The molecule has 1 spiro atoms. The summed E-state index contributed by atoms with van der Waals surface area (Å²) in [4.78, 5) is 48.7. The first-order valence-electron chi connectivity index (χ1n) is 7.09. The third-order valence-corrected chi connectivity index (χ3v) is 4.36. The first-order valence-corrected chi connectivity index (χ1v) is 7.09. The van der Waals surface area contributed by atoms with Gasteiger partial charge in [0.05, 0.1) is 0 Å². The van der Waals surface area contributed by atoms with Gasteiger partial charge in [0.25, 0.3) is 0 Å². The van der Waals surface area contributed by atoms with Gasteiger partial charge < -0.3 is 0 Å². The molecule has 1 saturated carbocycles. The highest BCUT2D eigenvalue weighted by Gasteiger charge is 2.61. The van der Waals surface area contributed by atoms with E-state index in [1.807, 2.05) is 0 Å². The number of hydrogen-bond donors (Lipinski definition) is 1. The van der Waals surface area contributed by atoms with E-state index >= 15 is 0 Å². The van der Waals surface area contributed by atoms with Crippen molar-refractivity contribution in [1.82, 2.24) is 5.32 Å². The van der Waals surface area contributed by atoms with E-state index in [0.29, 0.717) is 12.8 Å². The Morgan fingerprint density at radius 1 is 1.15 bits per heavy atom. The molecule has 2 rings (SSSR count). The second kappa shape index (κ2) is 5.69. The zero-order chi connectivity index (χ0) is 14.8. The van der Waals surface area contributed by atoms with Crippen molar-refractivity contribution in [2.24, 2.45) is 11.3 Å². The summed E-state index contributed by atoms with van der Waals surface area (Å²) in [7, 11) is 0. The summed E-state index contributed by atoms with van der Waals surface area (Å²) in [6, 6.07) is 0. The predicted octanol–water partition coefficient (Wildman–Crippen LogP) is 1.31. The molecule has 0 radical (unpaired) electrons. The van der Waals surface area contributed by atoms with Crippen LogP contribution < -0.4 is 5.32 Å². The van der Waals surface area contributed by atoms with Gasteiger partial charge in [-0.2, -0.15) is 0 Å². The van der Waals surface area contributed by atoms with Gasteiger partial charge in [0, 0.05) is 6.42 Å². The van der Waals surface area contributed by atoms with Gasteiger partial charge in [0.15, 0.2) is 5.78 Å². The maximum absolute atomic E-state index is 12.5. The minimum atomic E-state index is -1.49. The molecule has 1 saturated heterocycles. The van der Waals surface area contributed by atoms with Crippen LogP contribution in [0.4, 0.5) is 0 Å². The lowest BCUT2D eigenvalue weighted by Crippen LogP contribution is -2.45. The van der Waals surface area contributed by atoms with Crippen molar-refractivity contribution in [3.8, 4) is 0 Å². The van der Waals surface area contributed by atoms with E-state index < -0.39 is 28.9 Å². The zero-order valence-electron chi connectivity index (χ0n) is 11.4. The maximum atomic E-state index is 12.5. The van der Waals surface area contributed by atoms with Gasteiger partial charge in [-0.15, -0.1) is 0 Å². The van der Waals surface area contributed by atoms with Crippen molar-refractivity contribution in [3.05, 3.63) is 12.7 Å². The topological polar surface area (TPSA) is 80.3 Å². The van der Waals surface area contributed by atoms with Crippen LogP contribution in [0.15, 0.2) is 12.7 Å². The van der Waals surface area contributed by atoms with Gasteiger partial charge in [-0.1, -0.05) is 32.3 Å². The number of carbonyl (C=O) groups is 4. The molecular weight excluding hydrogens is 258 g/mol. The molecule has 20 heavy (non-hydrogen) atoms. The number of Topliss-reactive ketones (excluding diaryl/α,β-unsaturated/α-hetero) is 1. The second-order valence-corrected chi connectivity index (χ2v) is 5.52. The Morgan fingerprint density at radius 2 is 1.80 bits per heavy atom.